The van der Waals surface area contributed by atoms with E-state index in [9.17, 15) is 0 Å². The third-order valence-corrected chi connectivity index (χ3v) is 3.36. The van der Waals surface area contributed by atoms with E-state index < -0.39 is 0 Å². The minimum atomic E-state index is 0.189. The van der Waals surface area contributed by atoms with Gasteiger partial charge in [-0.05, 0) is 37.4 Å². The fraction of sp³-hybridized carbons (Fsp3) is 0.643. The maximum Gasteiger partial charge on any atom is 0.0761 e. The Labute approximate surface area is 115 Å². The fourth-order valence-electron chi connectivity index (χ4n) is 1.96. The van der Waals surface area contributed by atoms with Crippen LogP contribution in [0.15, 0.2) is 18.3 Å². The van der Waals surface area contributed by atoms with Gasteiger partial charge in [0.25, 0.3) is 0 Å². The largest absolute Gasteiger partial charge is 0.385 e. The van der Waals surface area contributed by atoms with Crippen LogP contribution in [0.3, 0.4) is 0 Å². The zero-order chi connectivity index (χ0) is 13.4. The molecule has 0 saturated heterocycles. The van der Waals surface area contributed by atoms with E-state index in [0.29, 0.717) is 5.92 Å². The van der Waals surface area contributed by atoms with Crippen molar-refractivity contribution in [2.24, 2.45) is 5.92 Å². The molecular weight excluding hydrogens is 248 g/mol. The number of rotatable bonds is 8. The van der Waals surface area contributed by atoms with Crippen molar-refractivity contribution in [3.8, 4) is 0 Å². The molecule has 1 aromatic rings. The molecule has 4 heteroatoms. The molecule has 0 fully saturated rings. The van der Waals surface area contributed by atoms with Crippen LogP contribution in [0.25, 0.3) is 0 Å². The van der Waals surface area contributed by atoms with E-state index >= 15 is 0 Å². The highest BCUT2D eigenvalue weighted by atomic mass is 35.5. The van der Waals surface area contributed by atoms with Crippen LogP contribution in [-0.4, -0.2) is 25.2 Å². The quantitative estimate of drug-likeness (QED) is 0.786. The highest BCUT2D eigenvalue weighted by molar-refractivity contribution is 6.31. The van der Waals surface area contributed by atoms with Crippen LogP contribution in [0, 0.1) is 5.92 Å². The van der Waals surface area contributed by atoms with Crippen molar-refractivity contribution < 1.29 is 4.74 Å². The lowest BCUT2D eigenvalue weighted by Gasteiger charge is -2.25. The number of nitrogens with zero attached hydrogens (tertiary/aromatic N) is 1. The van der Waals surface area contributed by atoms with Gasteiger partial charge in [0.2, 0.25) is 0 Å². The Morgan fingerprint density at radius 3 is 2.89 bits per heavy atom. The van der Waals surface area contributed by atoms with Gasteiger partial charge in [-0.15, -0.1) is 0 Å². The number of hydrogen-bond acceptors (Lipinski definition) is 3. The summed E-state index contributed by atoms with van der Waals surface area (Å²) in [5.41, 5.74) is 0.941. The molecule has 2 unspecified atom stereocenters. The molecule has 0 bridgehead atoms. The Bertz CT molecular complexity index is 346. The second-order valence-electron chi connectivity index (χ2n) is 4.56. The van der Waals surface area contributed by atoms with Crippen molar-refractivity contribution in [3.63, 3.8) is 0 Å². The minimum absolute atomic E-state index is 0.189. The molecule has 0 aromatic carbocycles. The van der Waals surface area contributed by atoms with Gasteiger partial charge in [0.15, 0.2) is 0 Å². The van der Waals surface area contributed by atoms with Crippen LogP contribution in [0.5, 0.6) is 0 Å². The standard InChI is InChI=1S/C14H23ClN2O/c1-4-8-16-13(11(2)7-10-18-3)14-12(15)6-5-9-17-14/h5-6,9,11,13,16H,4,7-8,10H2,1-3H3. The van der Waals surface area contributed by atoms with E-state index in [-0.39, 0.29) is 6.04 Å². The Balaban J connectivity index is 2.80. The normalized spacial score (nSPS) is 14.4. The van der Waals surface area contributed by atoms with Crippen molar-refractivity contribution in [1.29, 1.82) is 0 Å². The molecule has 1 rings (SSSR count). The van der Waals surface area contributed by atoms with Crippen LogP contribution >= 0.6 is 11.6 Å². The van der Waals surface area contributed by atoms with E-state index in [0.717, 1.165) is 36.7 Å². The predicted molar refractivity (Wildman–Crippen MR) is 75.9 cm³/mol. The number of methoxy groups -OCH3 is 1. The van der Waals surface area contributed by atoms with Gasteiger partial charge in [0, 0.05) is 19.9 Å². The van der Waals surface area contributed by atoms with Gasteiger partial charge in [0.1, 0.15) is 0 Å². The van der Waals surface area contributed by atoms with Gasteiger partial charge >= 0.3 is 0 Å². The second-order valence-corrected chi connectivity index (χ2v) is 4.97. The number of halogens is 1. The minimum Gasteiger partial charge on any atom is -0.385 e. The Morgan fingerprint density at radius 2 is 2.28 bits per heavy atom. The molecule has 102 valence electrons. The summed E-state index contributed by atoms with van der Waals surface area (Å²) in [5.74, 6) is 0.434. The summed E-state index contributed by atoms with van der Waals surface area (Å²) in [6.45, 7) is 6.09. The van der Waals surface area contributed by atoms with E-state index in [1.807, 2.05) is 12.1 Å². The third-order valence-electron chi connectivity index (χ3n) is 3.04. The van der Waals surface area contributed by atoms with Gasteiger partial charge in [0.05, 0.1) is 16.8 Å². The summed E-state index contributed by atoms with van der Waals surface area (Å²) < 4.78 is 5.15. The van der Waals surface area contributed by atoms with Crippen LogP contribution in [0.2, 0.25) is 5.02 Å². The average Bonchev–Trinajstić information content (AvgIpc) is 2.38. The van der Waals surface area contributed by atoms with Gasteiger partial charge in [-0.1, -0.05) is 25.4 Å². The first-order chi connectivity index (χ1) is 8.70. The van der Waals surface area contributed by atoms with Crippen molar-refractivity contribution in [2.75, 3.05) is 20.3 Å². The molecule has 0 aliphatic rings. The van der Waals surface area contributed by atoms with E-state index in [1.54, 1.807) is 13.3 Å². The summed E-state index contributed by atoms with van der Waals surface area (Å²) >= 11 is 6.24. The molecule has 1 heterocycles. The van der Waals surface area contributed by atoms with Crippen molar-refractivity contribution >= 4 is 11.6 Å². The van der Waals surface area contributed by atoms with Crippen LogP contribution in [0.4, 0.5) is 0 Å². The number of pyridine rings is 1. The van der Waals surface area contributed by atoms with Crippen LogP contribution < -0.4 is 5.32 Å². The third kappa shape index (κ3) is 4.56. The number of nitrogens with one attached hydrogen (secondary N) is 1. The van der Waals surface area contributed by atoms with Crippen molar-refractivity contribution in [2.45, 2.75) is 32.7 Å². The first kappa shape index (κ1) is 15.4. The molecule has 0 aliphatic carbocycles. The number of hydrogen-bond donors (Lipinski definition) is 1. The predicted octanol–water partition coefficient (Wildman–Crippen LogP) is 3.45. The average molecular weight is 271 g/mol. The zero-order valence-corrected chi connectivity index (χ0v) is 12.2. The molecular formula is C14H23ClN2O. The monoisotopic (exact) mass is 270 g/mol. The molecule has 18 heavy (non-hydrogen) atoms. The lowest BCUT2D eigenvalue weighted by atomic mass is 9.95. The Kier molecular flexibility index (Phi) is 7.25. The SMILES string of the molecule is CCCNC(c1ncccc1Cl)C(C)CCOC. The summed E-state index contributed by atoms with van der Waals surface area (Å²) in [6.07, 6.45) is 3.88. The fourth-order valence-corrected chi connectivity index (χ4v) is 2.20. The van der Waals surface area contributed by atoms with E-state index in [1.165, 1.54) is 0 Å². The van der Waals surface area contributed by atoms with Crippen LogP contribution in [0.1, 0.15) is 38.4 Å². The van der Waals surface area contributed by atoms with Gasteiger partial charge < -0.3 is 10.1 Å². The molecule has 3 nitrogen and oxygen atoms in total. The highest BCUT2D eigenvalue weighted by Crippen LogP contribution is 2.28. The Hall–Kier alpha value is -0.640. The molecule has 1 aromatic heterocycles. The van der Waals surface area contributed by atoms with Crippen molar-refractivity contribution in [3.05, 3.63) is 29.0 Å². The van der Waals surface area contributed by atoms with E-state index in [2.05, 4.69) is 24.1 Å². The lowest BCUT2D eigenvalue weighted by Crippen LogP contribution is -2.29. The maximum atomic E-state index is 6.24. The Morgan fingerprint density at radius 1 is 1.50 bits per heavy atom. The van der Waals surface area contributed by atoms with Gasteiger partial charge in [-0.2, -0.15) is 0 Å². The first-order valence-corrected chi connectivity index (χ1v) is 6.91. The number of aromatic nitrogens is 1. The second kappa shape index (κ2) is 8.46. The molecule has 0 aliphatic heterocycles. The van der Waals surface area contributed by atoms with Crippen molar-refractivity contribution in [1.82, 2.24) is 10.3 Å². The summed E-state index contributed by atoms with van der Waals surface area (Å²) in [4.78, 5) is 4.43. The summed E-state index contributed by atoms with van der Waals surface area (Å²) in [7, 11) is 1.73. The topological polar surface area (TPSA) is 34.2 Å². The molecule has 0 saturated carbocycles. The van der Waals surface area contributed by atoms with Gasteiger partial charge in [-0.25, -0.2) is 0 Å². The summed E-state index contributed by atoms with van der Waals surface area (Å²) in [6, 6.07) is 3.95. The molecule has 0 amide bonds. The first-order valence-electron chi connectivity index (χ1n) is 6.53. The highest BCUT2D eigenvalue weighted by Gasteiger charge is 2.21. The molecule has 2 atom stereocenters. The molecule has 1 N–H and O–H groups in total. The number of ether oxygens (including phenoxy) is 1. The smallest absolute Gasteiger partial charge is 0.0761 e. The zero-order valence-electron chi connectivity index (χ0n) is 11.4. The van der Waals surface area contributed by atoms with E-state index in [4.69, 9.17) is 16.3 Å². The molecule has 0 radical (unpaired) electrons. The van der Waals surface area contributed by atoms with Crippen LogP contribution in [-0.2, 0) is 4.74 Å². The summed E-state index contributed by atoms with van der Waals surface area (Å²) in [5, 5.41) is 4.26. The van der Waals surface area contributed by atoms with Gasteiger partial charge in [-0.3, -0.25) is 4.98 Å². The lowest BCUT2D eigenvalue weighted by molar-refractivity contribution is 0.169. The molecule has 0 spiro atoms. The maximum absolute atomic E-state index is 6.24.